The molecule has 122 valence electrons. The average molecular weight is 317 g/mol. The standard InChI is InChI=1S/C16H19N3O4/c1-21-12-7-4-11(5-8-12)6-9-13(20)17-16-18-14(22-2)10-15(19-16)23-3/h4-5,7-8,10H,6,9H2,1-3H3,(H,17,18,19,20). The Kier molecular flexibility index (Phi) is 5.74. The van der Waals surface area contributed by atoms with E-state index in [1.165, 1.54) is 20.3 Å². The van der Waals surface area contributed by atoms with Crippen molar-refractivity contribution in [3.8, 4) is 17.5 Å². The van der Waals surface area contributed by atoms with Crippen molar-refractivity contribution in [3.63, 3.8) is 0 Å². The number of amides is 1. The molecule has 0 radical (unpaired) electrons. The molecule has 0 saturated carbocycles. The number of methoxy groups -OCH3 is 3. The predicted molar refractivity (Wildman–Crippen MR) is 85.1 cm³/mol. The molecule has 1 N–H and O–H groups in total. The van der Waals surface area contributed by atoms with E-state index in [4.69, 9.17) is 14.2 Å². The summed E-state index contributed by atoms with van der Waals surface area (Å²) in [4.78, 5) is 20.1. The molecule has 1 amide bonds. The highest BCUT2D eigenvalue weighted by Crippen LogP contribution is 2.17. The Morgan fingerprint density at radius 1 is 1.00 bits per heavy atom. The minimum atomic E-state index is -0.184. The first-order valence-corrected chi connectivity index (χ1v) is 7.04. The van der Waals surface area contributed by atoms with Gasteiger partial charge in [0.25, 0.3) is 0 Å². The van der Waals surface area contributed by atoms with E-state index in [2.05, 4.69) is 15.3 Å². The predicted octanol–water partition coefficient (Wildman–Crippen LogP) is 2.07. The summed E-state index contributed by atoms with van der Waals surface area (Å²) in [5, 5.41) is 2.64. The van der Waals surface area contributed by atoms with Crippen molar-refractivity contribution in [3.05, 3.63) is 35.9 Å². The van der Waals surface area contributed by atoms with Crippen LogP contribution < -0.4 is 19.5 Å². The zero-order valence-electron chi connectivity index (χ0n) is 13.3. The number of ether oxygens (including phenoxy) is 3. The smallest absolute Gasteiger partial charge is 0.236 e. The van der Waals surface area contributed by atoms with E-state index < -0.39 is 0 Å². The SMILES string of the molecule is COc1ccc(CCC(=O)Nc2nc(OC)cc(OC)n2)cc1. The zero-order valence-corrected chi connectivity index (χ0v) is 13.3. The maximum atomic E-state index is 12.0. The highest BCUT2D eigenvalue weighted by Gasteiger charge is 2.09. The number of nitrogens with one attached hydrogen (secondary N) is 1. The first-order chi connectivity index (χ1) is 11.1. The van der Waals surface area contributed by atoms with Crippen LogP contribution in [0.3, 0.4) is 0 Å². The van der Waals surface area contributed by atoms with Crippen LogP contribution in [0.1, 0.15) is 12.0 Å². The van der Waals surface area contributed by atoms with Crippen molar-refractivity contribution >= 4 is 11.9 Å². The second kappa shape index (κ2) is 7.98. The lowest BCUT2D eigenvalue weighted by Gasteiger charge is -2.08. The lowest BCUT2D eigenvalue weighted by atomic mass is 10.1. The molecule has 7 heteroatoms. The van der Waals surface area contributed by atoms with Crippen LogP contribution >= 0.6 is 0 Å². The number of carbonyl (C=O) groups is 1. The van der Waals surface area contributed by atoms with Crippen molar-refractivity contribution in [2.24, 2.45) is 0 Å². The minimum absolute atomic E-state index is 0.154. The summed E-state index contributed by atoms with van der Waals surface area (Å²) in [6.45, 7) is 0. The molecule has 0 bridgehead atoms. The summed E-state index contributed by atoms with van der Waals surface area (Å²) < 4.78 is 15.2. The van der Waals surface area contributed by atoms with Gasteiger partial charge in [0.1, 0.15) is 5.75 Å². The second-order valence-corrected chi connectivity index (χ2v) is 4.67. The largest absolute Gasteiger partial charge is 0.497 e. The number of carbonyl (C=O) groups excluding carboxylic acids is 1. The monoisotopic (exact) mass is 317 g/mol. The fourth-order valence-electron chi connectivity index (χ4n) is 1.91. The van der Waals surface area contributed by atoms with Gasteiger partial charge in [0.2, 0.25) is 23.6 Å². The van der Waals surface area contributed by atoms with Gasteiger partial charge in [-0.05, 0) is 24.1 Å². The molecule has 0 aliphatic rings. The molecule has 1 heterocycles. The summed E-state index contributed by atoms with van der Waals surface area (Å²) >= 11 is 0. The summed E-state index contributed by atoms with van der Waals surface area (Å²) in [6.07, 6.45) is 0.923. The Balaban J connectivity index is 1.93. The quantitative estimate of drug-likeness (QED) is 0.842. The zero-order chi connectivity index (χ0) is 16.7. The molecule has 0 atom stereocenters. The molecular weight excluding hydrogens is 298 g/mol. The molecule has 7 nitrogen and oxygen atoms in total. The normalized spacial score (nSPS) is 10.0. The van der Waals surface area contributed by atoms with E-state index in [0.717, 1.165) is 11.3 Å². The molecule has 0 aliphatic heterocycles. The van der Waals surface area contributed by atoms with Crippen LogP contribution in [0.5, 0.6) is 17.5 Å². The van der Waals surface area contributed by atoms with Crippen molar-refractivity contribution < 1.29 is 19.0 Å². The third-order valence-corrected chi connectivity index (χ3v) is 3.15. The summed E-state index contributed by atoms with van der Waals surface area (Å²) in [6, 6.07) is 9.12. The third-order valence-electron chi connectivity index (χ3n) is 3.15. The molecule has 0 aliphatic carbocycles. The second-order valence-electron chi connectivity index (χ2n) is 4.67. The molecule has 0 unspecified atom stereocenters. The van der Waals surface area contributed by atoms with E-state index in [9.17, 15) is 4.79 Å². The highest BCUT2D eigenvalue weighted by molar-refractivity contribution is 5.89. The Hall–Kier alpha value is -2.83. The number of aromatic nitrogens is 2. The van der Waals surface area contributed by atoms with Crippen LogP contribution in [-0.4, -0.2) is 37.2 Å². The molecule has 2 aromatic rings. The topological polar surface area (TPSA) is 82.6 Å². The summed E-state index contributed by atoms with van der Waals surface area (Å²) in [5.41, 5.74) is 1.05. The van der Waals surface area contributed by atoms with Crippen molar-refractivity contribution in [2.75, 3.05) is 26.6 Å². The molecule has 2 rings (SSSR count). The molecule has 1 aromatic carbocycles. The fourth-order valence-corrected chi connectivity index (χ4v) is 1.91. The lowest BCUT2D eigenvalue weighted by Crippen LogP contribution is -2.15. The maximum absolute atomic E-state index is 12.0. The summed E-state index contributed by atoms with van der Waals surface area (Å²) in [5.74, 6) is 1.40. The van der Waals surface area contributed by atoms with Crippen LogP contribution in [-0.2, 0) is 11.2 Å². The van der Waals surface area contributed by atoms with Gasteiger partial charge in [0, 0.05) is 6.42 Å². The van der Waals surface area contributed by atoms with Crippen LogP contribution in [0, 0.1) is 0 Å². The van der Waals surface area contributed by atoms with Crippen molar-refractivity contribution in [1.82, 2.24) is 9.97 Å². The third kappa shape index (κ3) is 4.84. The number of benzene rings is 1. The Morgan fingerprint density at radius 2 is 1.61 bits per heavy atom. The first-order valence-electron chi connectivity index (χ1n) is 7.04. The number of nitrogens with zero attached hydrogens (tertiary/aromatic N) is 2. The van der Waals surface area contributed by atoms with Gasteiger partial charge in [-0.25, -0.2) is 0 Å². The van der Waals surface area contributed by atoms with Gasteiger partial charge < -0.3 is 14.2 Å². The average Bonchev–Trinajstić information content (AvgIpc) is 2.60. The van der Waals surface area contributed by atoms with Gasteiger partial charge in [0.05, 0.1) is 27.4 Å². The number of hydrogen-bond acceptors (Lipinski definition) is 6. The number of aryl methyl sites for hydroxylation is 1. The van der Waals surface area contributed by atoms with E-state index >= 15 is 0 Å². The van der Waals surface area contributed by atoms with Gasteiger partial charge in [0.15, 0.2) is 0 Å². The molecular formula is C16H19N3O4. The lowest BCUT2D eigenvalue weighted by molar-refractivity contribution is -0.116. The summed E-state index contributed by atoms with van der Waals surface area (Å²) in [7, 11) is 4.58. The molecule has 23 heavy (non-hydrogen) atoms. The van der Waals surface area contributed by atoms with Crippen LogP contribution in [0.15, 0.2) is 30.3 Å². The Morgan fingerprint density at radius 3 is 2.13 bits per heavy atom. The van der Waals surface area contributed by atoms with Gasteiger partial charge in [-0.15, -0.1) is 0 Å². The van der Waals surface area contributed by atoms with Crippen molar-refractivity contribution in [2.45, 2.75) is 12.8 Å². The number of hydrogen-bond donors (Lipinski definition) is 1. The van der Waals surface area contributed by atoms with Gasteiger partial charge in [-0.3, -0.25) is 10.1 Å². The van der Waals surface area contributed by atoms with Gasteiger partial charge in [-0.2, -0.15) is 9.97 Å². The Labute approximate surface area is 134 Å². The minimum Gasteiger partial charge on any atom is -0.497 e. The number of anilines is 1. The van der Waals surface area contributed by atoms with Crippen LogP contribution in [0.2, 0.25) is 0 Å². The molecule has 0 spiro atoms. The highest BCUT2D eigenvalue weighted by atomic mass is 16.5. The first kappa shape index (κ1) is 16.5. The van der Waals surface area contributed by atoms with Crippen molar-refractivity contribution in [1.29, 1.82) is 0 Å². The van der Waals surface area contributed by atoms with E-state index in [0.29, 0.717) is 24.6 Å². The number of rotatable bonds is 7. The van der Waals surface area contributed by atoms with Gasteiger partial charge in [-0.1, -0.05) is 12.1 Å². The van der Waals surface area contributed by atoms with E-state index in [1.54, 1.807) is 7.11 Å². The van der Waals surface area contributed by atoms with E-state index in [1.807, 2.05) is 24.3 Å². The molecule has 1 aromatic heterocycles. The molecule has 0 fully saturated rings. The van der Waals surface area contributed by atoms with Crippen LogP contribution in [0.4, 0.5) is 5.95 Å². The van der Waals surface area contributed by atoms with E-state index in [-0.39, 0.29) is 11.9 Å². The Bertz CT molecular complexity index is 637. The molecule has 0 saturated heterocycles. The van der Waals surface area contributed by atoms with Crippen LogP contribution in [0.25, 0.3) is 0 Å². The fraction of sp³-hybridized carbons (Fsp3) is 0.312. The maximum Gasteiger partial charge on any atom is 0.236 e. The van der Waals surface area contributed by atoms with Gasteiger partial charge >= 0.3 is 0 Å².